The summed E-state index contributed by atoms with van der Waals surface area (Å²) in [6.45, 7) is 2.63. The topological polar surface area (TPSA) is 51.7 Å². The summed E-state index contributed by atoms with van der Waals surface area (Å²) in [6, 6.07) is 7.74. The molecule has 3 atom stereocenters. The van der Waals surface area contributed by atoms with E-state index in [1.165, 1.54) is 0 Å². The largest absolute Gasteiger partial charge is 0.497 e. The van der Waals surface area contributed by atoms with Crippen LogP contribution >= 0.6 is 23.4 Å². The van der Waals surface area contributed by atoms with Gasteiger partial charge in [0.25, 0.3) is 0 Å². The maximum Gasteiger partial charge on any atom is 0.238 e. The SMILES string of the molecule is COc1ccc2cc([C@H]3S[C@H](C)C(=O)N3[C@@H]3CCCO3)c(Cl)nc2c1. The molecule has 2 aromatic rings. The monoisotopic (exact) mass is 378 g/mol. The molecule has 25 heavy (non-hydrogen) atoms. The van der Waals surface area contributed by atoms with Crippen LogP contribution < -0.4 is 4.74 Å². The van der Waals surface area contributed by atoms with Crippen molar-refractivity contribution >= 4 is 40.2 Å². The number of hydrogen-bond acceptors (Lipinski definition) is 5. The highest BCUT2D eigenvalue weighted by Gasteiger charge is 2.44. The number of carbonyl (C=O) groups is 1. The third kappa shape index (κ3) is 2.96. The van der Waals surface area contributed by atoms with E-state index in [-0.39, 0.29) is 22.8 Å². The van der Waals surface area contributed by atoms with Gasteiger partial charge in [-0.25, -0.2) is 4.98 Å². The van der Waals surface area contributed by atoms with Gasteiger partial charge in [-0.3, -0.25) is 9.69 Å². The fraction of sp³-hybridized carbons (Fsp3) is 0.444. The van der Waals surface area contributed by atoms with Crippen LogP contribution in [0.5, 0.6) is 5.75 Å². The van der Waals surface area contributed by atoms with Crippen LogP contribution in [0.25, 0.3) is 10.9 Å². The van der Waals surface area contributed by atoms with Crippen LogP contribution in [0, 0.1) is 0 Å². The Bertz CT molecular complexity index is 825. The number of pyridine rings is 1. The first-order valence-electron chi connectivity index (χ1n) is 8.32. The van der Waals surface area contributed by atoms with E-state index < -0.39 is 0 Å². The number of benzene rings is 1. The van der Waals surface area contributed by atoms with Gasteiger partial charge in [-0.15, -0.1) is 11.8 Å². The van der Waals surface area contributed by atoms with Crippen LogP contribution in [0.4, 0.5) is 0 Å². The molecule has 1 aromatic carbocycles. The molecule has 3 heterocycles. The number of halogens is 1. The van der Waals surface area contributed by atoms with Gasteiger partial charge in [0.15, 0.2) is 0 Å². The van der Waals surface area contributed by atoms with Crippen LogP contribution in [-0.4, -0.2) is 41.0 Å². The predicted octanol–water partition coefficient (Wildman–Crippen LogP) is 4.00. The minimum atomic E-state index is -0.169. The van der Waals surface area contributed by atoms with Crippen molar-refractivity contribution in [2.24, 2.45) is 0 Å². The molecule has 0 unspecified atom stereocenters. The Hall–Kier alpha value is -1.50. The molecule has 1 aromatic heterocycles. The van der Waals surface area contributed by atoms with Crippen molar-refractivity contribution in [3.05, 3.63) is 35.0 Å². The second-order valence-electron chi connectivity index (χ2n) is 6.27. The summed E-state index contributed by atoms with van der Waals surface area (Å²) in [7, 11) is 1.62. The summed E-state index contributed by atoms with van der Waals surface area (Å²) in [5.74, 6) is 0.844. The molecule has 2 saturated heterocycles. The molecule has 5 nitrogen and oxygen atoms in total. The smallest absolute Gasteiger partial charge is 0.238 e. The number of methoxy groups -OCH3 is 1. The van der Waals surface area contributed by atoms with Crippen molar-refractivity contribution in [3.8, 4) is 5.75 Å². The minimum absolute atomic E-state index is 0.104. The number of hydrogen-bond donors (Lipinski definition) is 0. The number of thioether (sulfide) groups is 1. The highest BCUT2D eigenvalue weighted by Crippen LogP contribution is 2.47. The standard InChI is InChI=1S/C18H19ClN2O3S/c1-10-17(22)21(15-4-3-7-24-15)18(25-10)13-8-11-5-6-12(23-2)9-14(11)20-16(13)19/h5-6,8-10,15,18H,3-4,7H2,1-2H3/t10-,15+,18-/m1/s1. The molecule has 1 amide bonds. The van der Waals surface area contributed by atoms with Crippen molar-refractivity contribution in [2.75, 3.05) is 13.7 Å². The van der Waals surface area contributed by atoms with Crippen LogP contribution in [0.1, 0.15) is 30.7 Å². The van der Waals surface area contributed by atoms with Gasteiger partial charge in [-0.1, -0.05) is 11.6 Å². The zero-order chi connectivity index (χ0) is 17.6. The Balaban J connectivity index is 1.76. The second kappa shape index (κ2) is 6.67. The molecule has 0 bridgehead atoms. The summed E-state index contributed by atoms with van der Waals surface area (Å²) in [4.78, 5) is 19.1. The number of amides is 1. The zero-order valence-corrected chi connectivity index (χ0v) is 15.6. The van der Waals surface area contributed by atoms with Crippen molar-refractivity contribution in [1.29, 1.82) is 0 Å². The van der Waals surface area contributed by atoms with Gasteiger partial charge in [0, 0.05) is 23.6 Å². The first kappa shape index (κ1) is 16.9. The van der Waals surface area contributed by atoms with Crippen LogP contribution in [0.3, 0.4) is 0 Å². The number of fused-ring (bicyclic) bond motifs is 1. The third-order valence-corrected chi connectivity index (χ3v) is 6.33. The quantitative estimate of drug-likeness (QED) is 0.756. The molecule has 132 valence electrons. The molecular weight excluding hydrogens is 360 g/mol. The average Bonchev–Trinajstić information content (AvgIpc) is 3.22. The lowest BCUT2D eigenvalue weighted by Crippen LogP contribution is -2.39. The molecule has 0 radical (unpaired) electrons. The lowest BCUT2D eigenvalue weighted by Gasteiger charge is -2.29. The lowest BCUT2D eigenvalue weighted by atomic mass is 10.1. The lowest BCUT2D eigenvalue weighted by molar-refractivity contribution is -0.141. The molecule has 0 aliphatic carbocycles. The summed E-state index contributed by atoms with van der Waals surface area (Å²) >= 11 is 8.10. The van der Waals surface area contributed by atoms with E-state index in [9.17, 15) is 4.79 Å². The Morgan fingerprint density at radius 2 is 2.24 bits per heavy atom. The van der Waals surface area contributed by atoms with E-state index >= 15 is 0 Å². The summed E-state index contributed by atoms with van der Waals surface area (Å²) < 4.78 is 11.0. The normalized spacial score (nSPS) is 26.6. The molecule has 4 rings (SSSR count). The van der Waals surface area contributed by atoms with Crippen LogP contribution in [0.15, 0.2) is 24.3 Å². The Morgan fingerprint density at radius 3 is 2.96 bits per heavy atom. The van der Waals surface area contributed by atoms with Gasteiger partial charge in [0.2, 0.25) is 5.91 Å². The molecule has 2 aliphatic heterocycles. The highest BCUT2D eigenvalue weighted by atomic mass is 35.5. The van der Waals surface area contributed by atoms with Crippen molar-refractivity contribution in [2.45, 2.75) is 36.6 Å². The molecular formula is C18H19ClN2O3S. The van der Waals surface area contributed by atoms with Crippen molar-refractivity contribution < 1.29 is 14.3 Å². The number of carbonyl (C=O) groups excluding carboxylic acids is 1. The fourth-order valence-corrected chi connectivity index (χ4v) is 5.01. The summed E-state index contributed by atoms with van der Waals surface area (Å²) in [5.41, 5.74) is 1.64. The van der Waals surface area contributed by atoms with Crippen molar-refractivity contribution in [1.82, 2.24) is 9.88 Å². The number of nitrogens with zero attached hydrogens (tertiary/aromatic N) is 2. The second-order valence-corrected chi connectivity index (χ2v) is 8.05. The van der Waals surface area contributed by atoms with E-state index in [2.05, 4.69) is 4.98 Å². The summed E-state index contributed by atoms with van der Waals surface area (Å²) in [6.07, 6.45) is 1.67. The Morgan fingerprint density at radius 1 is 1.40 bits per heavy atom. The first-order chi connectivity index (χ1) is 12.1. The van der Waals surface area contributed by atoms with Gasteiger partial charge < -0.3 is 9.47 Å². The third-order valence-electron chi connectivity index (χ3n) is 4.68. The summed E-state index contributed by atoms with van der Waals surface area (Å²) in [5, 5.41) is 1.11. The van der Waals surface area contributed by atoms with E-state index in [1.54, 1.807) is 18.9 Å². The maximum absolute atomic E-state index is 12.7. The zero-order valence-electron chi connectivity index (χ0n) is 14.1. The Labute approximate surface area is 155 Å². The van der Waals surface area contributed by atoms with Crippen molar-refractivity contribution in [3.63, 3.8) is 0 Å². The fourth-order valence-electron chi connectivity index (χ4n) is 3.38. The van der Waals surface area contributed by atoms with E-state index in [0.29, 0.717) is 11.8 Å². The van der Waals surface area contributed by atoms with Gasteiger partial charge in [-0.2, -0.15) is 0 Å². The van der Waals surface area contributed by atoms with E-state index in [1.807, 2.05) is 36.1 Å². The molecule has 0 N–H and O–H groups in total. The molecule has 0 saturated carbocycles. The minimum Gasteiger partial charge on any atom is -0.497 e. The van der Waals surface area contributed by atoms with E-state index in [0.717, 1.165) is 35.1 Å². The average molecular weight is 379 g/mol. The number of rotatable bonds is 3. The molecule has 2 fully saturated rings. The van der Waals surface area contributed by atoms with E-state index in [4.69, 9.17) is 21.1 Å². The van der Waals surface area contributed by atoms with Gasteiger partial charge >= 0.3 is 0 Å². The Kier molecular flexibility index (Phi) is 4.52. The van der Waals surface area contributed by atoms with Gasteiger partial charge in [0.05, 0.1) is 17.9 Å². The predicted molar refractivity (Wildman–Crippen MR) is 98.9 cm³/mol. The highest BCUT2D eigenvalue weighted by molar-refractivity contribution is 8.01. The molecule has 0 spiro atoms. The van der Waals surface area contributed by atoms with Crippen LogP contribution in [-0.2, 0) is 9.53 Å². The first-order valence-corrected chi connectivity index (χ1v) is 9.64. The van der Waals surface area contributed by atoms with Gasteiger partial charge in [-0.05, 0) is 38.0 Å². The molecule has 2 aliphatic rings. The number of aromatic nitrogens is 1. The maximum atomic E-state index is 12.7. The van der Waals surface area contributed by atoms with Crippen LogP contribution in [0.2, 0.25) is 5.15 Å². The molecule has 7 heteroatoms. The van der Waals surface area contributed by atoms with Gasteiger partial charge in [0.1, 0.15) is 22.5 Å². The number of ether oxygens (including phenoxy) is 2.